The Morgan fingerprint density at radius 1 is 1.21 bits per heavy atom. The van der Waals surface area contributed by atoms with E-state index in [1.54, 1.807) is 24.3 Å². The predicted molar refractivity (Wildman–Crippen MR) is 55.4 cm³/mol. The third kappa shape index (κ3) is 3.75. The van der Waals surface area contributed by atoms with Gasteiger partial charge in [-0.1, -0.05) is 30.0 Å². The van der Waals surface area contributed by atoms with Crippen LogP contribution in [0.3, 0.4) is 0 Å². The minimum Gasteiger partial charge on any atom is -0.166 e. The van der Waals surface area contributed by atoms with Crippen molar-refractivity contribution in [3.63, 3.8) is 0 Å². The van der Waals surface area contributed by atoms with E-state index in [4.69, 9.17) is 0 Å². The van der Waals surface area contributed by atoms with Crippen molar-refractivity contribution in [3.05, 3.63) is 40.2 Å². The third-order valence-corrected chi connectivity index (χ3v) is 3.19. The number of halogens is 4. The van der Waals surface area contributed by atoms with E-state index in [2.05, 4.69) is 15.9 Å². The second-order valence-corrected chi connectivity index (χ2v) is 4.19. The Balaban J connectivity index is 2.65. The van der Waals surface area contributed by atoms with E-state index < -0.39 is 10.7 Å². The lowest BCUT2D eigenvalue weighted by Crippen LogP contribution is -2.05. The first-order valence-electron chi connectivity index (χ1n) is 3.65. The maximum absolute atomic E-state index is 12.0. The van der Waals surface area contributed by atoms with Gasteiger partial charge < -0.3 is 0 Å². The van der Waals surface area contributed by atoms with Crippen molar-refractivity contribution >= 4 is 27.7 Å². The molecule has 0 unspecified atom stereocenters. The van der Waals surface area contributed by atoms with Crippen LogP contribution in [-0.4, -0.2) is 6.18 Å². The molecule has 0 aromatic heterocycles. The van der Waals surface area contributed by atoms with E-state index >= 15 is 0 Å². The fourth-order valence-corrected chi connectivity index (χ4v) is 1.65. The van der Waals surface area contributed by atoms with Crippen molar-refractivity contribution < 1.29 is 13.2 Å². The number of rotatable bonds is 2. The highest BCUT2D eigenvalue weighted by Crippen LogP contribution is 2.33. The zero-order chi connectivity index (χ0) is 10.6. The van der Waals surface area contributed by atoms with Gasteiger partial charge in [0.15, 0.2) is 0 Å². The summed E-state index contributed by atoms with van der Waals surface area (Å²) in [5.74, 6) is 0. The molecule has 0 bridgehead atoms. The molecule has 0 N–H and O–H groups in total. The summed E-state index contributed by atoms with van der Waals surface area (Å²) in [6.07, 6.45) is -4.30. The number of alkyl halides is 3. The predicted octanol–water partition coefficient (Wildman–Crippen LogP) is 4.58. The maximum atomic E-state index is 12.0. The second kappa shape index (κ2) is 4.89. The Labute approximate surface area is 92.3 Å². The highest BCUT2D eigenvalue weighted by molar-refractivity contribution is 9.11. The van der Waals surface area contributed by atoms with Crippen LogP contribution in [0.5, 0.6) is 0 Å². The minimum atomic E-state index is -4.30. The van der Waals surface area contributed by atoms with Crippen LogP contribution in [0.2, 0.25) is 0 Å². The number of benzene rings is 1. The molecule has 0 nitrogen and oxygen atoms in total. The first-order valence-corrected chi connectivity index (χ1v) is 5.32. The van der Waals surface area contributed by atoms with E-state index in [9.17, 15) is 13.2 Å². The van der Waals surface area contributed by atoms with Gasteiger partial charge >= 0.3 is 6.18 Å². The molecule has 1 aromatic carbocycles. The molecule has 0 aliphatic carbocycles. The average molecular weight is 283 g/mol. The van der Waals surface area contributed by atoms with Crippen LogP contribution in [-0.2, 0) is 0 Å². The second-order valence-electron chi connectivity index (χ2n) is 2.39. The van der Waals surface area contributed by atoms with Crippen LogP contribution in [0.4, 0.5) is 13.2 Å². The van der Waals surface area contributed by atoms with E-state index in [1.807, 2.05) is 6.07 Å². The first-order chi connectivity index (χ1) is 6.50. The van der Waals surface area contributed by atoms with Gasteiger partial charge in [-0.3, -0.25) is 0 Å². The van der Waals surface area contributed by atoms with Crippen molar-refractivity contribution in [2.75, 3.05) is 0 Å². The molecule has 1 rings (SSSR count). The molecule has 0 fully saturated rings. The Kier molecular flexibility index (Phi) is 4.07. The van der Waals surface area contributed by atoms with Gasteiger partial charge in [0.1, 0.15) is 4.48 Å². The third-order valence-electron chi connectivity index (χ3n) is 1.31. The number of thioether (sulfide) groups is 1. The summed E-state index contributed by atoms with van der Waals surface area (Å²) in [6.45, 7) is 0. The van der Waals surface area contributed by atoms with Crippen LogP contribution in [0, 0.1) is 0 Å². The van der Waals surface area contributed by atoms with Crippen molar-refractivity contribution in [3.8, 4) is 0 Å². The van der Waals surface area contributed by atoms with Gasteiger partial charge in [-0.25, -0.2) is 0 Å². The van der Waals surface area contributed by atoms with Crippen molar-refractivity contribution in [2.45, 2.75) is 11.1 Å². The lowest BCUT2D eigenvalue weighted by molar-refractivity contribution is -0.0826. The Morgan fingerprint density at radius 2 is 1.79 bits per heavy atom. The summed E-state index contributed by atoms with van der Waals surface area (Å²) in [4.78, 5) is 0.772. The fourth-order valence-electron chi connectivity index (χ4n) is 0.686. The van der Waals surface area contributed by atoms with Gasteiger partial charge in [0.05, 0.1) is 0 Å². The Hall–Kier alpha value is -0.420. The summed E-state index contributed by atoms with van der Waals surface area (Å²) in [5, 5.41) is 1.04. The van der Waals surface area contributed by atoms with E-state index in [1.165, 1.54) is 0 Å². The summed E-state index contributed by atoms with van der Waals surface area (Å²) < 4.78 is 35.3. The molecule has 0 radical (unpaired) electrons. The van der Waals surface area contributed by atoms with Crippen LogP contribution in [0.15, 0.2) is 45.1 Å². The highest BCUT2D eigenvalue weighted by atomic mass is 79.9. The van der Waals surface area contributed by atoms with Gasteiger partial charge in [-0.05, 0) is 33.5 Å². The van der Waals surface area contributed by atoms with Gasteiger partial charge in [-0.2, -0.15) is 13.2 Å². The monoisotopic (exact) mass is 282 g/mol. The van der Waals surface area contributed by atoms with Crippen molar-refractivity contribution in [1.29, 1.82) is 0 Å². The summed E-state index contributed by atoms with van der Waals surface area (Å²) in [6, 6.07) is 8.86. The molecule has 0 aliphatic heterocycles. The highest BCUT2D eigenvalue weighted by Gasteiger charge is 2.31. The topological polar surface area (TPSA) is 0 Å². The van der Waals surface area contributed by atoms with Crippen LogP contribution in [0.25, 0.3) is 0 Å². The Bertz CT molecular complexity index is 319. The lowest BCUT2D eigenvalue weighted by atomic mass is 10.4. The molecule has 5 heteroatoms. The van der Waals surface area contributed by atoms with Gasteiger partial charge in [0, 0.05) is 4.90 Å². The zero-order valence-electron chi connectivity index (χ0n) is 6.88. The van der Waals surface area contributed by atoms with Crippen molar-refractivity contribution in [2.24, 2.45) is 0 Å². The summed E-state index contributed by atoms with van der Waals surface area (Å²) in [7, 11) is 0. The molecule has 0 saturated heterocycles. The molecule has 0 heterocycles. The van der Waals surface area contributed by atoms with Crippen LogP contribution < -0.4 is 0 Å². The molecular formula is C9H6BrF3S. The number of allylic oxidation sites excluding steroid dienone is 1. The smallest absolute Gasteiger partial charge is 0.166 e. The first kappa shape index (κ1) is 11.7. The molecule has 0 atom stereocenters. The molecular weight excluding hydrogens is 277 g/mol. The minimum absolute atomic E-state index is 0.765. The van der Waals surface area contributed by atoms with Crippen LogP contribution >= 0.6 is 27.7 Å². The molecule has 1 aromatic rings. The molecule has 0 amide bonds. The van der Waals surface area contributed by atoms with Crippen molar-refractivity contribution in [1.82, 2.24) is 0 Å². The SMILES string of the molecule is FC(F)(F)/C(Br)=C\Sc1ccccc1. The molecule has 0 saturated carbocycles. The molecule has 14 heavy (non-hydrogen) atoms. The quantitative estimate of drug-likeness (QED) is 0.716. The Morgan fingerprint density at radius 3 is 2.29 bits per heavy atom. The lowest BCUT2D eigenvalue weighted by Gasteiger charge is -2.03. The average Bonchev–Trinajstić information content (AvgIpc) is 2.14. The molecule has 0 aliphatic rings. The van der Waals surface area contributed by atoms with Gasteiger partial charge in [-0.15, -0.1) is 0 Å². The maximum Gasteiger partial charge on any atom is 0.423 e. The zero-order valence-corrected chi connectivity index (χ0v) is 9.29. The van der Waals surface area contributed by atoms with Gasteiger partial charge in [0.2, 0.25) is 0 Å². The van der Waals surface area contributed by atoms with E-state index in [0.29, 0.717) is 0 Å². The fraction of sp³-hybridized carbons (Fsp3) is 0.111. The van der Waals surface area contributed by atoms with E-state index in [-0.39, 0.29) is 0 Å². The number of hydrogen-bond donors (Lipinski definition) is 0. The molecule has 0 spiro atoms. The molecule has 76 valence electrons. The number of hydrogen-bond acceptors (Lipinski definition) is 1. The normalized spacial score (nSPS) is 13.0. The van der Waals surface area contributed by atoms with Crippen LogP contribution in [0.1, 0.15) is 0 Å². The van der Waals surface area contributed by atoms with Gasteiger partial charge in [0.25, 0.3) is 0 Å². The van der Waals surface area contributed by atoms with E-state index in [0.717, 1.165) is 22.1 Å². The summed E-state index contributed by atoms with van der Waals surface area (Å²) in [5.41, 5.74) is 0. The largest absolute Gasteiger partial charge is 0.423 e. The summed E-state index contributed by atoms with van der Waals surface area (Å²) >= 11 is 3.50. The standard InChI is InChI=1S/C9H6BrF3S/c10-8(9(11,12)13)6-14-7-4-2-1-3-5-7/h1-6H/b8-6+.